The molecule has 0 spiro atoms. The molecule has 1 saturated heterocycles. The van der Waals surface area contributed by atoms with Crippen LogP contribution in [0.1, 0.15) is 65.5 Å². The van der Waals surface area contributed by atoms with Gasteiger partial charge in [-0.25, -0.2) is 0 Å². The van der Waals surface area contributed by atoms with Crippen LogP contribution >= 0.6 is 0 Å². The number of para-hydroxylation sites is 2. The van der Waals surface area contributed by atoms with Gasteiger partial charge in [0.2, 0.25) is 0 Å². The van der Waals surface area contributed by atoms with Crippen LogP contribution in [0.2, 0.25) is 0 Å². The molecule has 6 rings (SSSR count). The monoisotopic (exact) mass is 515 g/mol. The lowest BCUT2D eigenvalue weighted by atomic mass is 9.70. The molecule has 1 aliphatic carbocycles. The zero-order valence-corrected chi connectivity index (χ0v) is 24.0. The first-order chi connectivity index (χ1) is 18.7. The number of benzene rings is 4. The maximum atomic E-state index is 6.44. The van der Waals surface area contributed by atoms with Gasteiger partial charge in [-0.3, -0.25) is 0 Å². The van der Waals surface area contributed by atoms with Gasteiger partial charge in [-0.15, -0.1) is 0 Å². The maximum absolute atomic E-state index is 6.44. The molecule has 2 aliphatic rings. The predicted octanol–water partition coefficient (Wildman–Crippen LogP) is 8.54. The number of hydrogen-bond acceptors (Lipinski definition) is 3. The lowest BCUT2D eigenvalue weighted by Gasteiger charge is -2.32. The van der Waals surface area contributed by atoms with Crippen molar-refractivity contribution in [3.8, 4) is 11.1 Å². The number of anilines is 3. The van der Waals surface area contributed by atoms with Crippen LogP contribution in [0.4, 0.5) is 17.1 Å². The minimum Gasteiger partial charge on any atom is -0.399 e. The van der Waals surface area contributed by atoms with E-state index in [2.05, 4.69) is 144 Å². The largest absolute Gasteiger partial charge is 0.494 e. The van der Waals surface area contributed by atoms with Crippen LogP contribution in [0, 0.1) is 0 Å². The Morgan fingerprint density at radius 1 is 0.590 bits per heavy atom. The summed E-state index contributed by atoms with van der Waals surface area (Å²) in [6.45, 7) is 13.1. The Balaban J connectivity index is 1.47. The Hall–Kier alpha value is -3.34. The second-order valence-corrected chi connectivity index (χ2v) is 11.9. The van der Waals surface area contributed by atoms with Gasteiger partial charge in [0.05, 0.1) is 11.2 Å². The summed E-state index contributed by atoms with van der Waals surface area (Å²) in [7, 11) is -0.363. The third kappa shape index (κ3) is 4.04. The minimum atomic E-state index is -0.363. The molecule has 39 heavy (non-hydrogen) atoms. The molecule has 1 heterocycles. The molecule has 0 bridgehead atoms. The highest BCUT2D eigenvalue weighted by atomic mass is 16.7. The first kappa shape index (κ1) is 25.9. The summed E-state index contributed by atoms with van der Waals surface area (Å²) in [5, 5.41) is 0. The normalized spacial score (nSPS) is 18.1. The Kier molecular flexibility index (Phi) is 6.24. The highest BCUT2D eigenvalue weighted by molar-refractivity contribution is 6.62. The van der Waals surface area contributed by atoms with E-state index >= 15 is 0 Å². The first-order valence-electron chi connectivity index (χ1n) is 14.3. The van der Waals surface area contributed by atoms with Crippen molar-refractivity contribution in [2.75, 3.05) is 4.90 Å². The van der Waals surface area contributed by atoms with Crippen molar-refractivity contribution in [3.63, 3.8) is 0 Å². The third-order valence-corrected chi connectivity index (χ3v) is 9.39. The molecule has 1 fully saturated rings. The van der Waals surface area contributed by atoms with Gasteiger partial charge in [-0.2, -0.15) is 0 Å². The summed E-state index contributed by atoms with van der Waals surface area (Å²) in [5.74, 6) is 0. The molecule has 3 nitrogen and oxygen atoms in total. The summed E-state index contributed by atoms with van der Waals surface area (Å²) in [4.78, 5) is 2.36. The van der Waals surface area contributed by atoms with E-state index in [1.165, 1.54) is 27.9 Å². The topological polar surface area (TPSA) is 21.7 Å². The van der Waals surface area contributed by atoms with Crippen molar-refractivity contribution >= 4 is 29.6 Å². The van der Waals surface area contributed by atoms with Gasteiger partial charge in [-0.05, 0) is 105 Å². The Bertz CT molecular complexity index is 1440. The number of nitrogens with zero attached hydrogens (tertiary/aromatic N) is 1. The molecular weight excluding hydrogens is 477 g/mol. The molecule has 4 aromatic carbocycles. The fraction of sp³-hybridized carbons (Fsp3) is 0.314. The Morgan fingerprint density at radius 3 is 1.59 bits per heavy atom. The van der Waals surface area contributed by atoms with E-state index in [9.17, 15) is 0 Å². The molecule has 198 valence electrons. The van der Waals surface area contributed by atoms with Crippen molar-refractivity contribution in [2.45, 2.75) is 71.0 Å². The molecule has 0 N–H and O–H groups in total. The summed E-state index contributed by atoms with van der Waals surface area (Å²) < 4.78 is 12.9. The maximum Gasteiger partial charge on any atom is 0.494 e. The van der Waals surface area contributed by atoms with Crippen molar-refractivity contribution < 1.29 is 9.31 Å². The number of rotatable bonds is 6. The fourth-order valence-electron chi connectivity index (χ4n) is 6.38. The zero-order valence-electron chi connectivity index (χ0n) is 24.0. The molecule has 0 aromatic heterocycles. The Labute approximate surface area is 233 Å². The lowest BCUT2D eigenvalue weighted by Crippen LogP contribution is -2.41. The molecule has 0 amide bonds. The summed E-state index contributed by atoms with van der Waals surface area (Å²) in [6, 6.07) is 35.1. The minimum absolute atomic E-state index is 0.0701. The third-order valence-electron chi connectivity index (χ3n) is 9.39. The van der Waals surface area contributed by atoms with Gasteiger partial charge in [0.15, 0.2) is 0 Å². The van der Waals surface area contributed by atoms with Gasteiger partial charge in [-0.1, -0.05) is 74.5 Å². The van der Waals surface area contributed by atoms with Crippen molar-refractivity contribution in [3.05, 3.63) is 108 Å². The molecular formula is C35H38BNO2. The molecule has 0 radical (unpaired) electrons. The lowest BCUT2D eigenvalue weighted by molar-refractivity contribution is 0.00578. The average Bonchev–Trinajstić information content (AvgIpc) is 3.35. The van der Waals surface area contributed by atoms with Crippen LogP contribution in [-0.4, -0.2) is 18.3 Å². The van der Waals surface area contributed by atoms with E-state index in [0.717, 1.165) is 29.7 Å². The Morgan fingerprint density at radius 2 is 1.08 bits per heavy atom. The van der Waals surface area contributed by atoms with E-state index in [4.69, 9.17) is 9.31 Å². The summed E-state index contributed by atoms with van der Waals surface area (Å²) in [5.41, 5.74) is 9.24. The smallest absolute Gasteiger partial charge is 0.399 e. The van der Waals surface area contributed by atoms with Crippen LogP contribution in [0.5, 0.6) is 0 Å². The second kappa shape index (κ2) is 9.40. The fourth-order valence-corrected chi connectivity index (χ4v) is 6.38. The SMILES string of the molecule is CCC1(CC)c2cc(B3OC(C)(C)C(C)(C)O3)ccc2-c2ccc(N(c3ccccc3)c3ccccc3)cc21. The highest BCUT2D eigenvalue weighted by Crippen LogP contribution is 2.54. The van der Waals surface area contributed by atoms with Gasteiger partial charge >= 0.3 is 7.12 Å². The van der Waals surface area contributed by atoms with Crippen LogP contribution in [-0.2, 0) is 14.7 Å². The molecule has 0 saturated carbocycles. The summed E-state index contributed by atoms with van der Waals surface area (Å²) in [6.07, 6.45) is 2.05. The second-order valence-electron chi connectivity index (χ2n) is 11.9. The van der Waals surface area contributed by atoms with E-state index in [0.29, 0.717) is 0 Å². The molecule has 4 aromatic rings. The van der Waals surface area contributed by atoms with Crippen molar-refractivity contribution in [1.29, 1.82) is 0 Å². The standard InChI is InChI=1S/C35H38BNO2/c1-7-35(8-2)31-23-25(36-38-33(3,4)34(5,6)39-36)19-21-29(31)30-22-20-28(24-32(30)35)37(26-15-11-9-12-16-26)27-17-13-10-14-18-27/h9-24H,7-8H2,1-6H3. The van der Waals surface area contributed by atoms with Crippen LogP contribution < -0.4 is 10.4 Å². The molecule has 0 atom stereocenters. The summed E-state index contributed by atoms with van der Waals surface area (Å²) >= 11 is 0. The first-order valence-corrected chi connectivity index (χ1v) is 14.3. The zero-order chi connectivity index (χ0) is 27.4. The number of hydrogen-bond donors (Lipinski definition) is 0. The van der Waals surface area contributed by atoms with Gasteiger partial charge in [0, 0.05) is 22.5 Å². The number of fused-ring (bicyclic) bond motifs is 3. The van der Waals surface area contributed by atoms with Crippen molar-refractivity contribution in [2.24, 2.45) is 0 Å². The van der Waals surface area contributed by atoms with E-state index in [1.54, 1.807) is 0 Å². The molecule has 4 heteroatoms. The molecule has 0 unspecified atom stereocenters. The van der Waals surface area contributed by atoms with E-state index in [1.807, 2.05) is 0 Å². The van der Waals surface area contributed by atoms with Crippen LogP contribution in [0.3, 0.4) is 0 Å². The van der Waals surface area contributed by atoms with Gasteiger partial charge in [0.25, 0.3) is 0 Å². The average molecular weight is 516 g/mol. The van der Waals surface area contributed by atoms with E-state index in [-0.39, 0.29) is 23.7 Å². The molecule has 1 aliphatic heterocycles. The highest BCUT2D eigenvalue weighted by Gasteiger charge is 2.52. The van der Waals surface area contributed by atoms with Gasteiger partial charge in [0.1, 0.15) is 0 Å². The van der Waals surface area contributed by atoms with E-state index < -0.39 is 0 Å². The van der Waals surface area contributed by atoms with Crippen LogP contribution in [0.15, 0.2) is 97.1 Å². The van der Waals surface area contributed by atoms with Crippen LogP contribution in [0.25, 0.3) is 11.1 Å². The van der Waals surface area contributed by atoms with Crippen molar-refractivity contribution in [1.82, 2.24) is 0 Å². The van der Waals surface area contributed by atoms with Gasteiger partial charge < -0.3 is 14.2 Å². The quantitative estimate of drug-likeness (QED) is 0.240. The predicted molar refractivity (Wildman–Crippen MR) is 164 cm³/mol.